The number of amides is 3. The number of hydrogen-bond acceptors (Lipinski definition) is 8. The molecule has 0 spiro atoms. The zero-order chi connectivity index (χ0) is 27.8. The lowest BCUT2D eigenvalue weighted by atomic mass is 10.0. The fourth-order valence-electron chi connectivity index (χ4n) is 3.39. The van der Waals surface area contributed by atoms with Gasteiger partial charge in [0.05, 0.1) is 12.5 Å². The number of carbonyl (C=O) groups excluding carboxylic acids is 3. The highest BCUT2D eigenvalue weighted by molar-refractivity contribution is 7.98. The van der Waals surface area contributed by atoms with Crippen LogP contribution >= 0.6 is 11.8 Å². The van der Waals surface area contributed by atoms with Gasteiger partial charge in [-0.15, -0.1) is 0 Å². The van der Waals surface area contributed by atoms with E-state index in [0.29, 0.717) is 37.1 Å². The first kappa shape index (κ1) is 31.9. The number of rotatable bonds is 18. The van der Waals surface area contributed by atoms with Gasteiger partial charge in [0.15, 0.2) is 0 Å². The van der Waals surface area contributed by atoms with Crippen molar-refractivity contribution in [2.45, 2.75) is 62.7 Å². The number of carboxylic acids is 2. The Hall–Kier alpha value is -3.16. The van der Waals surface area contributed by atoms with E-state index in [-0.39, 0.29) is 12.8 Å². The van der Waals surface area contributed by atoms with Crippen LogP contribution in [0, 0.1) is 0 Å². The Balaban J connectivity index is 3.05. The van der Waals surface area contributed by atoms with Crippen LogP contribution in [0.2, 0.25) is 0 Å². The maximum atomic E-state index is 13.2. The largest absolute Gasteiger partial charge is 0.481 e. The van der Waals surface area contributed by atoms with Gasteiger partial charge in [0.2, 0.25) is 17.7 Å². The summed E-state index contributed by atoms with van der Waals surface area (Å²) < 4.78 is 0. The third-order valence-electron chi connectivity index (χ3n) is 5.46. The first-order chi connectivity index (χ1) is 17.6. The summed E-state index contributed by atoms with van der Waals surface area (Å²) in [7, 11) is 0. The van der Waals surface area contributed by atoms with Gasteiger partial charge in [0, 0.05) is 6.42 Å². The number of hydrogen-bond donors (Lipinski definition) is 7. The summed E-state index contributed by atoms with van der Waals surface area (Å²) in [5.74, 6) is -4.35. The normalized spacial score (nSPS) is 14.0. The Kier molecular flexibility index (Phi) is 14.9. The van der Waals surface area contributed by atoms with Crippen molar-refractivity contribution in [2.75, 3.05) is 18.6 Å². The quantitative estimate of drug-likeness (QED) is 0.118. The molecule has 0 aliphatic heterocycles. The molecule has 1 rings (SSSR count). The van der Waals surface area contributed by atoms with Crippen LogP contribution in [-0.4, -0.2) is 82.6 Å². The van der Waals surface area contributed by atoms with Crippen LogP contribution in [-0.2, 0) is 30.4 Å². The minimum Gasteiger partial charge on any atom is -0.481 e. The van der Waals surface area contributed by atoms with E-state index in [0.717, 1.165) is 0 Å². The van der Waals surface area contributed by atoms with Gasteiger partial charge in [-0.1, -0.05) is 30.3 Å². The second-order valence-corrected chi connectivity index (χ2v) is 9.47. The summed E-state index contributed by atoms with van der Waals surface area (Å²) in [5.41, 5.74) is 12.1. The molecule has 0 bridgehead atoms. The van der Waals surface area contributed by atoms with E-state index < -0.39 is 60.2 Å². The summed E-state index contributed by atoms with van der Waals surface area (Å²) in [6.07, 6.45) is 2.61. The molecule has 37 heavy (non-hydrogen) atoms. The molecule has 0 aromatic heterocycles. The van der Waals surface area contributed by atoms with E-state index in [1.54, 1.807) is 30.3 Å². The molecule has 0 fully saturated rings. The topological polar surface area (TPSA) is 214 Å². The Morgan fingerprint density at radius 3 is 2.03 bits per heavy atom. The zero-order valence-corrected chi connectivity index (χ0v) is 21.7. The van der Waals surface area contributed by atoms with Crippen LogP contribution in [0.3, 0.4) is 0 Å². The monoisotopic (exact) mass is 539 g/mol. The molecule has 0 aliphatic carbocycles. The smallest absolute Gasteiger partial charge is 0.326 e. The van der Waals surface area contributed by atoms with Crippen LogP contribution in [0.4, 0.5) is 0 Å². The van der Waals surface area contributed by atoms with Gasteiger partial charge >= 0.3 is 11.9 Å². The summed E-state index contributed by atoms with van der Waals surface area (Å²) >= 11 is 1.52. The molecule has 1 aromatic carbocycles. The molecule has 3 amide bonds. The molecule has 13 heteroatoms. The second kappa shape index (κ2) is 17.3. The average molecular weight is 540 g/mol. The Morgan fingerprint density at radius 2 is 1.46 bits per heavy atom. The number of carboxylic acid groups (broad SMARTS) is 2. The van der Waals surface area contributed by atoms with Crippen molar-refractivity contribution in [1.29, 1.82) is 0 Å². The molecule has 9 N–H and O–H groups in total. The number of unbranched alkanes of at least 4 members (excludes halogenated alkanes) is 1. The van der Waals surface area contributed by atoms with Gasteiger partial charge in [0.1, 0.15) is 18.1 Å². The molecule has 1 aromatic rings. The van der Waals surface area contributed by atoms with Gasteiger partial charge in [-0.25, -0.2) is 4.79 Å². The maximum absolute atomic E-state index is 13.2. The van der Waals surface area contributed by atoms with Crippen molar-refractivity contribution in [2.24, 2.45) is 11.5 Å². The summed E-state index contributed by atoms with van der Waals surface area (Å²) in [6.45, 7) is 0.355. The van der Waals surface area contributed by atoms with Gasteiger partial charge in [-0.2, -0.15) is 11.8 Å². The van der Waals surface area contributed by atoms with Crippen LogP contribution in [0.5, 0.6) is 0 Å². The highest BCUT2D eigenvalue weighted by atomic mass is 32.2. The Labute approximate surface area is 220 Å². The minimum absolute atomic E-state index is 0.0614. The molecule has 0 aliphatic rings. The standard InChI is InChI=1S/C24H37N5O7S/c1-37-12-10-16(26)21(32)28-18(13-15-7-3-2-4-8-15)22(33)29-19(14-20(30)31)23(34)27-17(24(35)36)9-5-6-11-25/h2-4,7-8,16-19H,5-6,9-14,25-26H2,1H3,(H,27,34)(H,28,32)(H,29,33)(H,30,31)(H,35,36). The highest BCUT2D eigenvalue weighted by Gasteiger charge is 2.31. The van der Waals surface area contributed by atoms with E-state index in [2.05, 4.69) is 16.0 Å². The molecule has 0 saturated carbocycles. The molecule has 0 saturated heterocycles. The average Bonchev–Trinajstić information content (AvgIpc) is 2.85. The van der Waals surface area contributed by atoms with E-state index in [1.165, 1.54) is 11.8 Å². The summed E-state index contributed by atoms with van der Waals surface area (Å²) in [5, 5.41) is 26.0. The Morgan fingerprint density at radius 1 is 0.865 bits per heavy atom. The first-order valence-electron chi connectivity index (χ1n) is 11.9. The van der Waals surface area contributed by atoms with Gasteiger partial charge in [-0.3, -0.25) is 19.2 Å². The van der Waals surface area contributed by atoms with E-state index in [4.69, 9.17) is 11.5 Å². The van der Waals surface area contributed by atoms with Crippen LogP contribution in [0.25, 0.3) is 0 Å². The third-order valence-corrected chi connectivity index (χ3v) is 6.10. The number of thioether (sulfide) groups is 1. The lowest BCUT2D eigenvalue weighted by molar-refractivity contribution is -0.143. The van der Waals surface area contributed by atoms with Crippen molar-refractivity contribution < 1.29 is 34.2 Å². The van der Waals surface area contributed by atoms with E-state index in [1.807, 2.05) is 6.26 Å². The predicted molar refractivity (Wildman–Crippen MR) is 140 cm³/mol. The van der Waals surface area contributed by atoms with Crippen LogP contribution in [0.1, 0.15) is 37.7 Å². The van der Waals surface area contributed by atoms with Crippen LogP contribution in [0.15, 0.2) is 30.3 Å². The summed E-state index contributed by atoms with van der Waals surface area (Å²) in [6, 6.07) is 3.95. The molecule has 4 unspecified atom stereocenters. The first-order valence-corrected chi connectivity index (χ1v) is 13.3. The Bertz CT molecular complexity index is 903. The molecule has 0 radical (unpaired) electrons. The SMILES string of the molecule is CSCCC(N)C(=O)NC(Cc1ccccc1)C(=O)NC(CC(=O)O)C(=O)NC(CCCCN)C(=O)O. The van der Waals surface area contributed by atoms with Crippen LogP contribution < -0.4 is 27.4 Å². The van der Waals surface area contributed by atoms with Crippen molar-refractivity contribution in [3.05, 3.63) is 35.9 Å². The van der Waals surface area contributed by atoms with Gasteiger partial charge < -0.3 is 37.6 Å². The lowest BCUT2D eigenvalue weighted by Crippen LogP contribution is -2.58. The maximum Gasteiger partial charge on any atom is 0.326 e. The molecular formula is C24H37N5O7S. The van der Waals surface area contributed by atoms with Gasteiger partial charge in [0.25, 0.3) is 0 Å². The number of carbonyl (C=O) groups is 5. The fourth-order valence-corrected chi connectivity index (χ4v) is 3.88. The molecule has 12 nitrogen and oxygen atoms in total. The summed E-state index contributed by atoms with van der Waals surface area (Å²) in [4.78, 5) is 61.6. The number of nitrogens with one attached hydrogen (secondary N) is 3. The van der Waals surface area contributed by atoms with Crippen molar-refractivity contribution in [3.63, 3.8) is 0 Å². The van der Waals surface area contributed by atoms with Crippen molar-refractivity contribution in [3.8, 4) is 0 Å². The second-order valence-electron chi connectivity index (χ2n) is 8.48. The van der Waals surface area contributed by atoms with Gasteiger partial charge in [-0.05, 0) is 49.8 Å². The highest BCUT2D eigenvalue weighted by Crippen LogP contribution is 2.07. The lowest BCUT2D eigenvalue weighted by Gasteiger charge is -2.25. The minimum atomic E-state index is -1.57. The molecule has 4 atom stereocenters. The number of aliphatic carboxylic acids is 2. The zero-order valence-electron chi connectivity index (χ0n) is 20.9. The molecular weight excluding hydrogens is 502 g/mol. The molecule has 0 heterocycles. The van der Waals surface area contributed by atoms with E-state index in [9.17, 15) is 34.2 Å². The fraction of sp³-hybridized carbons (Fsp3) is 0.542. The molecule has 206 valence electrons. The number of nitrogens with two attached hydrogens (primary N) is 2. The van der Waals surface area contributed by atoms with Crippen molar-refractivity contribution >= 4 is 41.4 Å². The van der Waals surface area contributed by atoms with E-state index >= 15 is 0 Å². The predicted octanol–water partition coefficient (Wildman–Crippen LogP) is -0.548. The number of benzene rings is 1. The van der Waals surface area contributed by atoms with Crippen molar-refractivity contribution in [1.82, 2.24) is 16.0 Å². The third kappa shape index (κ3) is 12.6.